The van der Waals surface area contributed by atoms with Crippen LogP contribution < -0.4 is 0 Å². The third-order valence-electron chi connectivity index (χ3n) is 1.48. The summed E-state index contributed by atoms with van der Waals surface area (Å²) in [6.07, 6.45) is -0.226. The van der Waals surface area contributed by atoms with Gasteiger partial charge in [-0.15, -0.1) is 11.8 Å². The molecule has 0 radical (unpaired) electrons. The minimum atomic E-state index is -0.226. The molecule has 0 unspecified atom stereocenters. The number of aryl methyl sites for hydroxylation is 1. The van der Waals surface area contributed by atoms with Crippen LogP contribution in [-0.2, 0) is 0 Å². The Bertz CT molecular complexity index is 245. The van der Waals surface area contributed by atoms with Crippen molar-refractivity contribution in [1.82, 2.24) is 0 Å². The molecule has 1 N–H and O–H groups in total. The van der Waals surface area contributed by atoms with E-state index < -0.39 is 0 Å². The molecule has 1 nitrogen and oxygen atoms in total. The standard InChI is InChI=1S/C10H14OS/c1-8-4-3-5-10(6-8)12-7-9(2)11/h3-6,9,11H,7H2,1-2H3/t9-/m1/s1. The molecule has 1 atom stereocenters. The van der Waals surface area contributed by atoms with E-state index in [1.54, 1.807) is 11.8 Å². The first-order valence-corrected chi connectivity index (χ1v) is 5.04. The lowest BCUT2D eigenvalue weighted by atomic mass is 10.2. The molecule has 0 aliphatic heterocycles. The third-order valence-corrected chi connectivity index (χ3v) is 2.72. The largest absolute Gasteiger partial charge is 0.393 e. The Morgan fingerprint density at radius 1 is 1.50 bits per heavy atom. The van der Waals surface area contributed by atoms with E-state index >= 15 is 0 Å². The minimum Gasteiger partial charge on any atom is -0.393 e. The number of thioether (sulfide) groups is 1. The van der Waals surface area contributed by atoms with Crippen LogP contribution in [0.25, 0.3) is 0 Å². The van der Waals surface area contributed by atoms with Crippen LogP contribution in [0.5, 0.6) is 0 Å². The number of aliphatic hydroxyl groups is 1. The van der Waals surface area contributed by atoms with Gasteiger partial charge in [0.2, 0.25) is 0 Å². The van der Waals surface area contributed by atoms with Crippen molar-refractivity contribution < 1.29 is 5.11 Å². The summed E-state index contributed by atoms with van der Waals surface area (Å²) < 4.78 is 0. The second kappa shape index (κ2) is 4.53. The van der Waals surface area contributed by atoms with Crippen molar-refractivity contribution in [3.05, 3.63) is 29.8 Å². The summed E-state index contributed by atoms with van der Waals surface area (Å²) >= 11 is 1.69. The zero-order chi connectivity index (χ0) is 8.97. The molecule has 0 aliphatic rings. The summed E-state index contributed by atoms with van der Waals surface area (Å²) in [5.41, 5.74) is 1.27. The highest BCUT2D eigenvalue weighted by Crippen LogP contribution is 2.19. The predicted octanol–water partition coefficient (Wildman–Crippen LogP) is 2.47. The van der Waals surface area contributed by atoms with Gasteiger partial charge in [-0.1, -0.05) is 17.7 Å². The van der Waals surface area contributed by atoms with E-state index in [-0.39, 0.29) is 6.10 Å². The van der Waals surface area contributed by atoms with Gasteiger partial charge in [0, 0.05) is 10.6 Å². The lowest BCUT2D eigenvalue weighted by Gasteiger charge is -2.04. The molecule has 0 fully saturated rings. The summed E-state index contributed by atoms with van der Waals surface area (Å²) in [7, 11) is 0. The molecule has 0 saturated heterocycles. The maximum Gasteiger partial charge on any atom is 0.0606 e. The topological polar surface area (TPSA) is 20.2 Å². The molecular weight excluding hydrogens is 168 g/mol. The quantitative estimate of drug-likeness (QED) is 0.725. The molecule has 1 rings (SSSR count). The fourth-order valence-corrected chi connectivity index (χ4v) is 1.80. The molecule has 2 heteroatoms. The van der Waals surface area contributed by atoms with E-state index in [0.29, 0.717) is 0 Å². The average molecular weight is 182 g/mol. The van der Waals surface area contributed by atoms with Gasteiger partial charge >= 0.3 is 0 Å². The van der Waals surface area contributed by atoms with Gasteiger partial charge in [-0.2, -0.15) is 0 Å². The highest BCUT2D eigenvalue weighted by molar-refractivity contribution is 7.99. The summed E-state index contributed by atoms with van der Waals surface area (Å²) in [4.78, 5) is 1.23. The molecule has 0 bridgehead atoms. The van der Waals surface area contributed by atoms with Crippen molar-refractivity contribution in [3.63, 3.8) is 0 Å². The fraction of sp³-hybridized carbons (Fsp3) is 0.400. The lowest BCUT2D eigenvalue weighted by Crippen LogP contribution is -2.02. The fourth-order valence-electron chi connectivity index (χ4n) is 0.922. The van der Waals surface area contributed by atoms with E-state index in [4.69, 9.17) is 5.11 Å². The Morgan fingerprint density at radius 3 is 2.83 bits per heavy atom. The number of rotatable bonds is 3. The van der Waals surface area contributed by atoms with Crippen LogP contribution in [0, 0.1) is 6.92 Å². The summed E-state index contributed by atoms with van der Waals surface area (Å²) in [6.45, 7) is 3.88. The lowest BCUT2D eigenvalue weighted by molar-refractivity contribution is 0.220. The molecule has 12 heavy (non-hydrogen) atoms. The van der Waals surface area contributed by atoms with Crippen molar-refractivity contribution in [3.8, 4) is 0 Å². The van der Waals surface area contributed by atoms with E-state index in [0.717, 1.165) is 5.75 Å². The highest BCUT2D eigenvalue weighted by Gasteiger charge is 1.97. The normalized spacial score (nSPS) is 12.9. The molecule has 0 saturated carbocycles. The number of benzene rings is 1. The van der Waals surface area contributed by atoms with Crippen molar-refractivity contribution >= 4 is 11.8 Å². The first-order valence-electron chi connectivity index (χ1n) is 4.06. The molecule has 0 aliphatic carbocycles. The van der Waals surface area contributed by atoms with E-state index in [1.165, 1.54) is 10.5 Å². The van der Waals surface area contributed by atoms with Crippen LogP contribution in [0.15, 0.2) is 29.2 Å². The third kappa shape index (κ3) is 3.28. The van der Waals surface area contributed by atoms with E-state index in [1.807, 2.05) is 13.0 Å². The van der Waals surface area contributed by atoms with Crippen molar-refractivity contribution in [2.24, 2.45) is 0 Å². The predicted molar refractivity (Wildman–Crippen MR) is 53.6 cm³/mol. The van der Waals surface area contributed by atoms with Gasteiger partial charge in [0.05, 0.1) is 6.10 Å². The van der Waals surface area contributed by atoms with Gasteiger partial charge < -0.3 is 5.11 Å². The van der Waals surface area contributed by atoms with Gasteiger partial charge in [-0.05, 0) is 26.0 Å². The Kier molecular flexibility index (Phi) is 3.63. The Morgan fingerprint density at radius 2 is 2.25 bits per heavy atom. The summed E-state index contributed by atoms with van der Waals surface area (Å²) in [5, 5.41) is 9.06. The zero-order valence-electron chi connectivity index (χ0n) is 7.45. The van der Waals surface area contributed by atoms with Gasteiger partial charge in [0.1, 0.15) is 0 Å². The molecule has 0 amide bonds. The van der Waals surface area contributed by atoms with Crippen LogP contribution in [0.1, 0.15) is 12.5 Å². The Hall–Kier alpha value is -0.470. The smallest absolute Gasteiger partial charge is 0.0606 e. The SMILES string of the molecule is Cc1cccc(SC[C@@H](C)O)c1. The van der Waals surface area contributed by atoms with Crippen LogP contribution >= 0.6 is 11.8 Å². The molecule has 1 aromatic carbocycles. The van der Waals surface area contributed by atoms with Gasteiger partial charge in [0.15, 0.2) is 0 Å². The Balaban J connectivity index is 2.52. The van der Waals surface area contributed by atoms with Crippen molar-refractivity contribution in [1.29, 1.82) is 0 Å². The van der Waals surface area contributed by atoms with Gasteiger partial charge in [-0.25, -0.2) is 0 Å². The van der Waals surface area contributed by atoms with Crippen molar-refractivity contribution in [2.45, 2.75) is 24.8 Å². The summed E-state index contributed by atoms with van der Waals surface area (Å²) in [6, 6.07) is 8.32. The van der Waals surface area contributed by atoms with E-state index in [9.17, 15) is 0 Å². The second-order valence-electron chi connectivity index (χ2n) is 2.98. The van der Waals surface area contributed by atoms with Gasteiger partial charge in [0.25, 0.3) is 0 Å². The summed E-state index contributed by atoms with van der Waals surface area (Å²) in [5.74, 6) is 0.767. The molecule has 0 aromatic heterocycles. The molecule has 0 spiro atoms. The molecule has 1 aromatic rings. The molecule has 66 valence electrons. The first-order chi connectivity index (χ1) is 5.68. The average Bonchev–Trinajstić information content (AvgIpc) is 2.01. The van der Waals surface area contributed by atoms with Crippen LogP contribution in [0.4, 0.5) is 0 Å². The first kappa shape index (κ1) is 9.62. The van der Waals surface area contributed by atoms with Crippen LogP contribution in [0.3, 0.4) is 0 Å². The maximum absolute atomic E-state index is 9.06. The highest BCUT2D eigenvalue weighted by atomic mass is 32.2. The van der Waals surface area contributed by atoms with Crippen LogP contribution in [-0.4, -0.2) is 17.0 Å². The van der Waals surface area contributed by atoms with E-state index in [2.05, 4.69) is 25.1 Å². The Labute approximate surface area is 77.8 Å². The number of hydrogen-bond acceptors (Lipinski definition) is 2. The maximum atomic E-state index is 9.06. The second-order valence-corrected chi connectivity index (χ2v) is 4.07. The molecular formula is C10H14OS. The molecule has 0 heterocycles. The van der Waals surface area contributed by atoms with Gasteiger partial charge in [-0.3, -0.25) is 0 Å². The monoisotopic (exact) mass is 182 g/mol. The minimum absolute atomic E-state index is 0.226. The number of hydrogen-bond donors (Lipinski definition) is 1. The zero-order valence-corrected chi connectivity index (χ0v) is 8.27. The number of aliphatic hydroxyl groups excluding tert-OH is 1. The van der Waals surface area contributed by atoms with Crippen LogP contribution in [0.2, 0.25) is 0 Å². The van der Waals surface area contributed by atoms with Crippen molar-refractivity contribution in [2.75, 3.05) is 5.75 Å².